The van der Waals surface area contributed by atoms with E-state index in [2.05, 4.69) is 29.0 Å². The van der Waals surface area contributed by atoms with Gasteiger partial charge >= 0.3 is 0 Å². The summed E-state index contributed by atoms with van der Waals surface area (Å²) in [6, 6.07) is 6.65. The molecule has 3 rings (SSSR count). The molecule has 0 spiro atoms. The number of benzene rings is 1. The maximum Gasteiger partial charge on any atom is 0.226 e. The zero-order valence-corrected chi connectivity index (χ0v) is 16.6. The Morgan fingerprint density at radius 1 is 1.37 bits per heavy atom. The van der Waals surface area contributed by atoms with Gasteiger partial charge in [-0.2, -0.15) is 0 Å². The van der Waals surface area contributed by atoms with E-state index in [4.69, 9.17) is 4.74 Å². The third-order valence-electron chi connectivity index (χ3n) is 4.76. The van der Waals surface area contributed by atoms with Crippen molar-refractivity contribution in [2.45, 2.75) is 26.3 Å². The minimum Gasteiger partial charge on any atom is -0.379 e. The molecule has 0 bridgehead atoms. The highest BCUT2D eigenvalue weighted by Gasteiger charge is 2.24. The van der Waals surface area contributed by atoms with E-state index >= 15 is 0 Å². The summed E-state index contributed by atoms with van der Waals surface area (Å²) in [6.45, 7) is 8.29. The highest BCUT2D eigenvalue weighted by Crippen LogP contribution is 2.24. The molecule has 0 radical (unpaired) electrons. The second-order valence-electron chi connectivity index (χ2n) is 7.09. The molecular formula is C20H26FN3O2S. The Bertz CT molecular complexity index is 759. The Labute approximate surface area is 163 Å². The fraction of sp³-hybridized carbons (Fsp3) is 0.500. The van der Waals surface area contributed by atoms with E-state index < -0.39 is 0 Å². The van der Waals surface area contributed by atoms with Crippen molar-refractivity contribution >= 4 is 17.2 Å². The summed E-state index contributed by atoms with van der Waals surface area (Å²) in [5.41, 5.74) is 1.45. The number of ether oxygens (including phenoxy) is 1. The summed E-state index contributed by atoms with van der Waals surface area (Å²) in [7, 11) is 0. The van der Waals surface area contributed by atoms with Gasteiger partial charge in [0, 0.05) is 36.6 Å². The first-order valence-electron chi connectivity index (χ1n) is 9.32. The molecule has 1 atom stereocenters. The lowest BCUT2D eigenvalue weighted by atomic mass is 10.0. The lowest BCUT2D eigenvalue weighted by Gasteiger charge is -2.36. The van der Waals surface area contributed by atoms with E-state index in [1.807, 2.05) is 11.4 Å². The summed E-state index contributed by atoms with van der Waals surface area (Å²) in [5.74, 6) is 0.122. The number of thiazole rings is 1. The van der Waals surface area contributed by atoms with Crippen LogP contribution in [0.1, 0.15) is 19.5 Å². The molecule has 1 N–H and O–H groups in total. The van der Waals surface area contributed by atoms with E-state index in [1.165, 1.54) is 23.5 Å². The molecule has 1 aliphatic heterocycles. The maximum atomic E-state index is 13.4. The molecule has 0 saturated carbocycles. The van der Waals surface area contributed by atoms with E-state index in [0.29, 0.717) is 24.2 Å². The zero-order valence-electron chi connectivity index (χ0n) is 15.8. The first-order valence-corrected chi connectivity index (χ1v) is 10.2. The number of carbonyl (C=O) groups excluding carboxylic acids is 1. The number of hydrogen-bond acceptors (Lipinski definition) is 5. The van der Waals surface area contributed by atoms with E-state index in [0.717, 1.165) is 36.9 Å². The molecule has 1 unspecified atom stereocenters. The van der Waals surface area contributed by atoms with Crippen LogP contribution in [-0.4, -0.2) is 54.7 Å². The molecule has 2 heterocycles. The van der Waals surface area contributed by atoms with Crippen LogP contribution in [0.2, 0.25) is 0 Å². The Hall–Kier alpha value is -1.83. The van der Waals surface area contributed by atoms with Crippen LogP contribution in [0.4, 0.5) is 4.39 Å². The molecule has 1 aromatic carbocycles. The summed E-state index contributed by atoms with van der Waals surface area (Å²) in [5, 5.41) is 5.64. The monoisotopic (exact) mass is 391 g/mol. The van der Waals surface area contributed by atoms with Crippen molar-refractivity contribution in [2.75, 3.05) is 32.8 Å². The van der Waals surface area contributed by atoms with Crippen molar-refractivity contribution in [3.05, 3.63) is 41.2 Å². The van der Waals surface area contributed by atoms with Gasteiger partial charge in [-0.25, -0.2) is 9.37 Å². The van der Waals surface area contributed by atoms with E-state index in [1.54, 1.807) is 6.07 Å². The van der Waals surface area contributed by atoms with Gasteiger partial charge in [-0.05, 0) is 18.1 Å². The lowest BCUT2D eigenvalue weighted by molar-refractivity contribution is -0.120. The van der Waals surface area contributed by atoms with Crippen LogP contribution in [0, 0.1) is 11.7 Å². The highest BCUT2D eigenvalue weighted by atomic mass is 32.1. The number of hydrogen-bond donors (Lipinski definition) is 1. The smallest absolute Gasteiger partial charge is 0.226 e. The van der Waals surface area contributed by atoms with Crippen molar-refractivity contribution in [3.8, 4) is 10.6 Å². The van der Waals surface area contributed by atoms with Crippen molar-refractivity contribution < 1.29 is 13.9 Å². The number of amides is 1. The first-order chi connectivity index (χ1) is 13.0. The Morgan fingerprint density at radius 3 is 2.85 bits per heavy atom. The summed E-state index contributed by atoms with van der Waals surface area (Å²) in [4.78, 5) is 19.2. The Morgan fingerprint density at radius 2 is 2.15 bits per heavy atom. The molecular weight excluding hydrogens is 365 g/mol. The predicted molar refractivity (Wildman–Crippen MR) is 105 cm³/mol. The van der Waals surface area contributed by atoms with Gasteiger partial charge in [-0.3, -0.25) is 9.69 Å². The number of carbonyl (C=O) groups is 1. The molecule has 146 valence electrons. The number of halogens is 1. The van der Waals surface area contributed by atoms with Crippen molar-refractivity contribution in [2.24, 2.45) is 5.92 Å². The molecule has 5 nitrogen and oxygen atoms in total. The summed E-state index contributed by atoms with van der Waals surface area (Å²) >= 11 is 1.43. The van der Waals surface area contributed by atoms with Gasteiger partial charge in [0.05, 0.1) is 25.3 Å². The largest absolute Gasteiger partial charge is 0.379 e. The number of nitrogens with one attached hydrogen (secondary N) is 1. The first kappa shape index (κ1) is 19.9. The van der Waals surface area contributed by atoms with Crippen LogP contribution in [0.5, 0.6) is 0 Å². The van der Waals surface area contributed by atoms with Crippen LogP contribution in [0.3, 0.4) is 0 Å². The molecule has 1 aromatic heterocycles. The van der Waals surface area contributed by atoms with Crippen LogP contribution >= 0.6 is 11.3 Å². The number of nitrogens with zero attached hydrogens (tertiary/aromatic N) is 2. The zero-order chi connectivity index (χ0) is 19.2. The van der Waals surface area contributed by atoms with Gasteiger partial charge in [-0.1, -0.05) is 26.0 Å². The quantitative estimate of drug-likeness (QED) is 0.788. The van der Waals surface area contributed by atoms with E-state index in [-0.39, 0.29) is 18.1 Å². The summed E-state index contributed by atoms with van der Waals surface area (Å²) in [6.07, 6.45) is 0.236. The molecule has 2 aromatic rings. The molecule has 7 heteroatoms. The van der Waals surface area contributed by atoms with Gasteiger partial charge in [0.1, 0.15) is 10.8 Å². The second-order valence-corrected chi connectivity index (χ2v) is 7.95. The van der Waals surface area contributed by atoms with Gasteiger partial charge in [-0.15, -0.1) is 11.3 Å². The predicted octanol–water partition coefficient (Wildman–Crippen LogP) is 2.96. The number of rotatable bonds is 7. The Kier molecular flexibility index (Phi) is 6.93. The van der Waals surface area contributed by atoms with Crippen LogP contribution < -0.4 is 5.32 Å². The standard InChI is InChI=1S/C20H26FN3O2S/c1-14(2)18(24-6-8-26-9-7-24)12-22-19(25)11-17-13-27-20(23-17)15-4-3-5-16(21)10-15/h3-5,10,13-14,18H,6-9,11-12H2,1-2H3,(H,22,25). The van der Waals surface area contributed by atoms with Gasteiger partial charge < -0.3 is 10.1 Å². The normalized spacial score (nSPS) is 16.4. The van der Waals surface area contributed by atoms with E-state index in [9.17, 15) is 9.18 Å². The Balaban J connectivity index is 1.54. The average molecular weight is 392 g/mol. The third kappa shape index (κ3) is 5.57. The van der Waals surface area contributed by atoms with Crippen LogP contribution in [0.25, 0.3) is 10.6 Å². The molecule has 1 amide bonds. The fourth-order valence-corrected chi connectivity index (χ4v) is 4.10. The van der Waals surface area contributed by atoms with Gasteiger partial charge in [0.25, 0.3) is 0 Å². The van der Waals surface area contributed by atoms with Gasteiger partial charge in [0.2, 0.25) is 5.91 Å². The fourth-order valence-electron chi connectivity index (χ4n) is 3.28. The topological polar surface area (TPSA) is 54.5 Å². The highest BCUT2D eigenvalue weighted by molar-refractivity contribution is 7.13. The van der Waals surface area contributed by atoms with Gasteiger partial charge in [0.15, 0.2) is 0 Å². The molecule has 0 aliphatic carbocycles. The van der Waals surface area contributed by atoms with Crippen LogP contribution in [0.15, 0.2) is 29.6 Å². The minimum atomic E-state index is -0.287. The molecule has 1 saturated heterocycles. The molecule has 1 fully saturated rings. The third-order valence-corrected chi connectivity index (χ3v) is 5.70. The van der Waals surface area contributed by atoms with Crippen molar-refractivity contribution in [1.82, 2.24) is 15.2 Å². The average Bonchev–Trinajstić information content (AvgIpc) is 3.11. The minimum absolute atomic E-state index is 0.0370. The maximum absolute atomic E-state index is 13.4. The number of morpholine rings is 1. The molecule has 1 aliphatic rings. The van der Waals surface area contributed by atoms with Crippen molar-refractivity contribution in [3.63, 3.8) is 0 Å². The second kappa shape index (κ2) is 9.39. The summed E-state index contributed by atoms with van der Waals surface area (Å²) < 4.78 is 18.8. The SMILES string of the molecule is CC(C)C(CNC(=O)Cc1csc(-c2cccc(F)c2)n1)N1CCOCC1. The lowest BCUT2D eigenvalue weighted by Crippen LogP contribution is -2.51. The number of aromatic nitrogens is 1. The van der Waals surface area contributed by atoms with Crippen LogP contribution in [-0.2, 0) is 16.0 Å². The van der Waals surface area contributed by atoms with Crippen molar-refractivity contribution in [1.29, 1.82) is 0 Å². The molecule has 27 heavy (non-hydrogen) atoms.